The van der Waals surface area contributed by atoms with E-state index in [0.29, 0.717) is 17.4 Å². The predicted molar refractivity (Wildman–Crippen MR) is 123 cm³/mol. The lowest BCUT2D eigenvalue weighted by atomic mass is 9.91. The highest BCUT2D eigenvalue weighted by Crippen LogP contribution is 2.31. The van der Waals surface area contributed by atoms with Crippen LogP contribution in [-0.2, 0) is 10.0 Å². The molecule has 0 aliphatic heterocycles. The fourth-order valence-electron chi connectivity index (χ4n) is 4.25. The number of halogens is 1. The van der Waals surface area contributed by atoms with Crippen molar-refractivity contribution < 1.29 is 12.8 Å². The summed E-state index contributed by atoms with van der Waals surface area (Å²) in [6.45, 7) is 0. The molecule has 2 atom stereocenters. The Labute approximate surface area is 190 Å². The van der Waals surface area contributed by atoms with E-state index in [1.807, 2.05) is 30.5 Å². The minimum absolute atomic E-state index is 0.0662. The Kier molecular flexibility index (Phi) is 5.62. The average Bonchev–Trinajstić information content (AvgIpc) is 3.44. The minimum atomic E-state index is -3.67. The maximum atomic E-state index is 12.5. The summed E-state index contributed by atoms with van der Waals surface area (Å²) in [5, 5.41) is 4.76. The van der Waals surface area contributed by atoms with Crippen molar-refractivity contribution in [3.05, 3.63) is 60.2 Å². The van der Waals surface area contributed by atoms with Crippen LogP contribution >= 0.6 is 11.6 Å². The molecule has 4 aromatic rings. The highest BCUT2D eigenvalue weighted by Gasteiger charge is 2.28. The van der Waals surface area contributed by atoms with Gasteiger partial charge in [-0.15, -0.1) is 0 Å². The maximum absolute atomic E-state index is 12.5. The number of nitrogens with zero attached hydrogens (tertiary/aromatic N) is 2. The van der Waals surface area contributed by atoms with Gasteiger partial charge in [0, 0.05) is 35.4 Å². The van der Waals surface area contributed by atoms with Gasteiger partial charge in [0.2, 0.25) is 5.09 Å². The van der Waals surface area contributed by atoms with E-state index in [-0.39, 0.29) is 17.2 Å². The number of rotatable bonds is 6. The molecule has 4 heterocycles. The molecule has 1 fully saturated rings. The van der Waals surface area contributed by atoms with E-state index in [4.69, 9.17) is 16.0 Å². The number of nitrogens with one attached hydrogen (secondary N) is 3. The zero-order chi connectivity index (χ0) is 22.1. The quantitative estimate of drug-likeness (QED) is 0.355. The van der Waals surface area contributed by atoms with Crippen molar-refractivity contribution in [3.63, 3.8) is 0 Å². The molecule has 10 heteroatoms. The summed E-state index contributed by atoms with van der Waals surface area (Å²) in [5.74, 6) is 0.658. The van der Waals surface area contributed by atoms with Gasteiger partial charge in [0.1, 0.15) is 16.6 Å². The number of H-pyrrole nitrogens is 1. The normalized spacial score (nSPS) is 19.3. The third kappa shape index (κ3) is 4.36. The highest BCUT2D eigenvalue weighted by molar-refractivity contribution is 7.89. The molecule has 4 aromatic heterocycles. The van der Waals surface area contributed by atoms with Gasteiger partial charge in [-0.25, -0.2) is 23.1 Å². The van der Waals surface area contributed by atoms with Crippen molar-refractivity contribution in [2.75, 3.05) is 5.32 Å². The molecule has 1 aliphatic carbocycles. The molecule has 0 aromatic carbocycles. The highest BCUT2D eigenvalue weighted by atomic mass is 35.5. The Morgan fingerprint density at radius 3 is 2.88 bits per heavy atom. The number of fused-ring (bicyclic) bond motifs is 1. The van der Waals surface area contributed by atoms with Crippen LogP contribution < -0.4 is 10.0 Å². The first-order valence-corrected chi connectivity index (χ1v) is 12.3. The van der Waals surface area contributed by atoms with Crippen LogP contribution in [0.25, 0.3) is 22.2 Å². The molecule has 8 nitrogen and oxygen atoms in total. The van der Waals surface area contributed by atoms with Crippen molar-refractivity contribution in [1.29, 1.82) is 0 Å². The Morgan fingerprint density at radius 2 is 2.03 bits per heavy atom. The molecule has 3 N–H and O–H groups in total. The second-order valence-electron chi connectivity index (χ2n) is 7.92. The number of hydrogen-bond acceptors (Lipinski definition) is 6. The molecular weight excluding hydrogens is 450 g/mol. The number of anilines is 1. The molecule has 0 radical (unpaired) electrons. The molecule has 2 unspecified atom stereocenters. The van der Waals surface area contributed by atoms with Gasteiger partial charge in [0.15, 0.2) is 0 Å². The average molecular weight is 472 g/mol. The van der Waals surface area contributed by atoms with Gasteiger partial charge in [-0.2, -0.15) is 0 Å². The summed E-state index contributed by atoms with van der Waals surface area (Å²) in [6, 6.07) is 10.6. The first-order valence-electron chi connectivity index (χ1n) is 10.4. The lowest BCUT2D eigenvalue weighted by Gasteiger charge is -2.30. The molecule has 32 heavy (non-hydrogen) atoms. The SMILES string of the molecule is O=S(=O)(NC1CCCC(Nc2cc(-c3c[nH]c4ncccc34)cc(Cl)n2)C1)c1ccco1. The monoisotopic (exact) mass is 471 g/mol. The lowest BCUT2D eigenvalue weighted by Crippen LogP contribution is -2.41. The summed E-state index contributed by atoms with van der Waals surface area (Å²) >= 11 is 6.33. The van der Waals surface area contributed by atoms with E-state index >= 15 is 0 Å². The van der Waals surface area contributed by atoms with Gasteiger partial charge in [-0.05, 0) is 67.6 Å². The molecule has 1 saturated carbocycles. The van der Waals surface area contributed by atoms with Gasteiger partial charge in [-0.1, -0.05) is 11.6 Å². The number of aromatic amines is 1. The Morgan fingerprint density at radius 1 is 1.16 bits per heavy atom. The van der Waals surface area contributed by atoms with Crippen LogP contribution in [0, 0.1) is 0 Å². The second kappa shape index (κ2) is 8.57. The van der Waals surface area contributed by atoms with Crippen LogP contribution in [-0.4, -0.2) is 35.5 Å². The van der Waals surface area contributed by atoms with Crippen LogP contribution in [0.1, 0.15) is 25.7 Å². The van der Waals surface area contributed by atoms with Crippen LogP contribution in [0.15, 0.2) is 64.6 Å². The third-order valence-electron chi connectivity index (χ3n) is 5.66. The third-order valence-corrected chi connectivity index (χ3v) is 7.26. The van der Waals surface area contributed by atoms with Crippen LogP contribution in [0.5, 0.6) is 0 Å². The van der Waals surface area contributed by atoms with Gasteiger partial charge in [-0.3, -0.25) is 0 Å². The maximum Gasteiger partial charge on any atom is 0.274 e. The van der Waals surface area contributed by atoms with E-state index in [1.54, 1.807) is 12.3 Å². The molecule has 1 aliphatic rings. The van der Waals surface area contributed by atoms with Crippen molar-refractivity contribution in [2.45, 2.75) is 42.9 Å². The van der Waals surface area contributed by atoms with Crippen molar-refractivity contribution in [2.24, 2.45) is 0 Å². The summed E-state index contributed by atoms with van der Waals surface area (Å²) in [7, 11) is -3.67. The second-order valence-corrected chi connectivity index (χ2v) is 9.96. The van der Waals surface area contributed by atoms with E-state index in [0.717, 1.165) is 41.4 Å². The molecule has 0 spiro atoms. The molecule has 166 valence electrons. The number of pyridine rings is 2. The molecule has 0 amide bonds. The molecule has 5 rings (SSSR count). The van der Waals surface area contributed by atoms with Crippen LogP contribution in [0.2, 0.25) is 5.15 Å². The Hall–Kier alpha value is -2.88. The number of aromatic nitrogens is 3. The smallest absolute Gasteiger partial charge is 0.274 e. The molecule has 0 bridgehead atoms. The van der Waals surface area contributed by atoms with Gasteiger partial charge in [0.05, 0.1) is 6.26 Å². The first kappa shape index (κ1) is 21.0. The van der Waals surface area contributed by atoms with Crippen molar-refractivity contribution in [3.8, 4) is 11.1 Å². The summed E-state index contributed by atoms with van der Waals surface area (Å²) < 4.78 is 32.8. The first-order chi connectivity index (χ1) is 15.5. The number of sulfonamides is 1. The zero-order valence-electron chi connectivity index (χ0n) is 17.1. The largest absolute Gasteiger partial charge is 0.452 e. The lowest BCUT2D eigenvalue weighted by molar-refractivity contribution is 0.378. The van der Waals surface area contributed by atoms with E-state index in [2.05, 4.69) is 25.0 Å². The summed E-state index contributed by atoms with van der Waals surface area (Å²) in [4.78, 5) is 12.0. The Balaban J connectivity index is 1.33. The summed E-state index contributed by atoms with van der Waals surface area (Å²) in [5.41, 5.74) is 2.73. The van der Waals surface area contributed by atoms with Gasteiger partial charge >= 0.3 is 0 Å². The van der Waals surface area contributed by atoms with Crippen LogP contribution in [0.4, 0.5) is 5.82 Å². The van der Waals surface area contributed by atoms with Gasteiger partial charge in [0.25, 0.3) is 10.0 Å². The van der Waals surface area contributed by atoms with Gasteiger partial charge < -0.3 is 14.7 Å². The molecular formula is C22H22ClN5O3S. The van der Waals surface area contributed by atoms with Crippen molar-refractivity contribution >= 4 is 38.5 Å². The number of furan rings is 1. The van der Waals surface area contributed by atoms with Crippen LogP contribution in [0.3, 0.4) is 0 Å². The Bertz CT molecular complexity index is 1340. The minimum Gasteiger partial charge on any atom is -0.452 e. The summed E-state index contributed by atoms with van der Waals surface area (Å²) in [6.07, 6.45) is 8.23. The van der Waals surface area contributed by atoms with Crippen molar-refractivity contribution in [1.82, 2.24) is 19.7 Å². The molecule has 0 saturated heterocycles. The predicted octanol–water partition coefficient (Wildman–Crippen LogP) is 4.57. The van der Waals surface area contributed by atoms with E-state index < -0.39 is 10.0 Å². The topological polar surface area (TPSA) is 113 Å². The fourth-order valence-corrected chi connectivity index (χ4v) is 5.67. The standard InChI is InChI=1S/C22H22ClN5O3S/c23-19-10-14(18-13-25-22-17(18)6-2-8-24-22)11-20(27-19)26-15-4-1-5-16(12-15)28-32(29,30)21-7-3-9-31-21/h2-3,6-11,13,15-16,28H,1,4-5,12H2,(H,24,25)(H,26,27). The number of hydrogen-bond donors (Lipinski definition) is 3. The fraction of sp³-hybridized carbons (Fsp3) is 0.273. The zero-order valence-corrected chi connectivity index (χ0v) is 18.7. The van der Waals surface area contributed by atoms with E-state index in [1.165, 1.54) is 12.3 Å². The van der Waals surface area contributed by atoms with E-state index in [9.17, 15) is 8.42 Å².